The van der Waals surface area contributed by atoms with Crippen molar-refractivity contribution in [3.8, 4) is 0 Å². The van der Waals surface area contributed by atoms with Gasteiger partial charge < -0.3 is 10.2 Å². The van der Waals surface area contributed by atoms with E-state index in [1.54, 1.807) is 18.2 Å². The van der Waals surface area contributed by atoms with Gasteiger partial charge in [-0.15, -0.1) is 0 Å². The number of nitrogens with zero attached hydrogens (tertiary/aromatic N) is 1. The molecule has 0 aliphatic heterocycles. The molecule has 0 atom stereocenters. The van der Waals surface area contributed by atoms with E-state index in [4.69, 9.17) is 0 Å². The molecule has 4 heteroatoms. The molecule has 0 unspecified atom stereocenters. The van der Waals surface area contributed by atoms with Crippen LogP contribution in [0.3, 0.4) is 0 Å². The number of amides is 1. The minimum atomic E-state index is -0.380. The van der Waals surface area contributed by atoms with Crippen LogP contribution < -0.4 is 10.2 Å². The van der Waals surface area contributed by atoms with Gasteiger partial charge in [0.05, 0.1) is 11.4 Å². The predicted octanol–water partition coefficient (Wildman–Crippen LogP) is 3.45. The van der Waals surface area contributed by atoms with Gasteiger partial charge >= 0.3 is 0 Å². The number of halogens is 1. The van der Waals surface area contributed by atoms with Crippen LogP contribution in [-0.2, 0) is 0 Å². The van der Waals surface area contributed by atoms with Gasteiger partial charge in [-0.25, -0.2) is 4.39 Å². The normalized spacial score (nSPS) is 10.2. The van der Waals surface area contributed by atoms with Crippen molar-refractivity contribution in [1.82, 2.24) is 0 Å². The second-order valence-corrected chi connectivity index (χ2v) is 4.88. The molecule has 0 aliphatic rings. The Kier molecular flexibility index (Phi) is 4.03. The van der Waals surface area contributed by atoms with Crippen LogP contribution in [0.2, 0.25) is 0 Å². The summed E-state index contributed by atoms with van der Waals surface area (Å²) >= 11 is 0. The Morgan fingerprint density at radius 1 is 1.10 bits per heavy atom. The highest BCUT2D eigenvalue weighted by Gasteiger charge is 2.11. The molecule has 2 rings (SSSR count). The maximum absolute atomic E-state index is 13.3. The van der Waals surface area contributed by atoms with Crippen molar-refractivity contribution in [2.24, 2.45) is 0 Å². The Labute approximate surface area is 118 Å². The van der Waals surface area contributed by atoms with E-state index >= 15 is 0 Å². The Bertz CT molecular complexity index is 621. The van der Waals surface area contributed by atoms with Gasteiger partial charge in [-0.1, -0.05) is 17.7 Å². The third kappa shape index (κ3) is 3.15. The number of hydrogen-bond donors (Lipinski definition) is 1. The quantitative estimate of drug-likeness (QED) is 0.928. The summed E-state index contributed by atoms with van der Waals surface area (Å²) in [6.45, 7) is 1.96. The minimum absolute atomic E-state index is 0.251. The Balaban J connectivity index is 2.27. The monoisotopic (exact) mass is 272 g/mol. The maximum atomic E-state index is 13.3. The molecule has 0 spiro atoms. The van der Waals surface area contributed by atoms with Crippen LogP contribution >= 0.6 is 0 Å². The van der Waals surface area contributed by atoms with Gasteiger partial charge in [-0.05, 0) is 37.3 Å². The summed E-state index contributed by atoms with van der Waals surface area (Å²) in [4.78, 5) is 14.0. The van der Waals surface area contributed by atoms with E-state index in [2.05, 4.69) is 5.32 Å². The lowest BCUT2D eigenvalue weighted by atomic mass is 10.1. The van der Waals surface area contributed by atoms with Gasteiger partial charge in [0, 0.05) is 19.7 Å². The molecule has 2 aromatic rings. The van der Waals surface area contributed by atoms with E-state index in [-0.39, 0.29) is 11.7 Å². The fourth-order valence-electron chi connectivity index (χ4n) is 1.90. The molecule has 0 bridgehead atoms. The first-order chi connectivity index (χ1) is 9.47. The molecule has 0 aliphatic carbocycles. The predicted molar refractivity (Wildman–Crippen MR) is 79.9 cm³/mol. The molecule has 1 N–H and O–H groups in total. The first-order valence-corrected chi connectivity index (χ1v) is 6.32. The molecule has 0 saturated carbocycles. The summed E-state index contributed by atoms with van der Waals surface area (Å²) in [5.74, 6) is -0.631. The molecule has 104 valence electrons. The zero-order valence-electron chi connectivity index (χ0n) is 11.8. The maximum Gasteiger partial charge on any atom is 0.255 e. The van der Waals surface area contributed by atoms with Gasteiger partial charge in [0.15, 0.2) is 0 Å². The lowest BCUT2D eigenvalue weighted by Gasteiger charge is -2.18. The number of carbonyl (C=O) groups is 1. The molecule has 3 nitrogen and oxygen atoms in total. The second kappa shape index (κ2) is 5.74. The number of aryl methyl sites for hydroxylation is 1. The van der Waals surface area contributed by atoms with Crippen LogP contribution in [0.25, 0.3) is 0 Å². The summed E-state index contributed by atoms with van der Waals surface area (Å²) in [7, 11) is 3.68. The fourth-order valence-corrected chi connectivity index (χ4v) is 1.90. The van der Waals surface area contributed by atoms with Crippen LogP contribution in [0.4, 0.5) is 15.8 Å². The summed E-state index contributed by atoms with van der Waals surface area (Å²) in [6.07, 6.45) is 0. The lowest BCUT2D eigenvalue weighted by molar-refractivity contribution is 0.102. The molecule has 20 heavy (non-hydrogen) atoms. The third-order valence-corrected chi connectivity index (χ3v) is 3.00. The summed E-state index contributed by atoms with van der Waals surface area (Å²) in [5.41, 5.74) is 2.85. The summed E-state index contributed by atoms with van der Waals surface area (Å²) in [6, 6.07) is 11.6. The van der Waals surface area contributed by atoms with Crippen LogP contribution in [0.5, 0.6) is 0 Å². The standard InChI is InChI=1S/C16H17FN2O/c1-11-4-6-12(7-5-11)16(20)18-14-10-13(17)8-9-15(14)19(2)3/h4-10H,1-3H3,(H,18,20). The lowest BCUT2D eigenvalue weighted by Crippen LogP contribution is -2.17. The van der Waals surface area contributed by atoms with Crippen molar-refractivity contribution >= 4 is 17.3 Å². The van der Waals surface area contributed by atoms with Crippen molar-refractivity contribution in [2.45, 2.75) is 6.92 Å². The largest absolute Gasteiger partial charge is 0.376 e. The molecule has 2 aromatic carbocycles. The minimum Gasteiger partial charge on any atom is -0.376 e. The second-order valence-electron chi connectivity index (χ2n) is 4.88. The Morgan fingerprint density at radius 2 is 1.75 bits per heavy atom. The van der Waals surface area contributed by atoms with E-state index in [1.165, 1.54) is 12.1 Å². The van der Waals surface area contributed by atoms with Crippen molar-refractivity contribution < 1.29 is 9.18 Å². The van der Waals surface area contributed by atoms with E-state index in [0.717, 1.165) is 11.3 Å². The molecular weight excluding hydrogens is 255 g/mol. The van der Waals surface area contributed by atoms with Crippen LogP contribution in [-0.4, -0.2) is 20.0 Å². The van der Waals surface area contributed by atoms with E-state index in [0.29, 0.717) is 11.3 Å². The molecule has 0 saturated heterocycles. The Hall–Kier alpha value is -2.36. The number of rotatable bonds is 3. The van der Waals surface area contributed by atoms with Gasteiger partial charge in [-0.2, -0.15) is 0 Å². The topological polar surface area (TPSA) is 32.3 Å². The van der Waals surface area contributed by atoms with Crippen LogP contribution in [0.15, 0.2) is 42.5 Å². The van der Waals surface area contributed by atoms with Crippen LogP contribution in [0, 0.1) is 12.7 Å². The van der Waals surface area contributed by atoms with Crippen molar-refractivity contribution in [3.63, 3.8) is 0 Å². The number of benzene rings is 2. The summed E-state index contributed by atoms with van der Waals surface area (Å²) < 4.78 is 13.3. The van der Waals surface area contributed by atoms with Gasteiger partial charge in [-0.3, -0.25) is 4.79 Å². The zero-order valence-corrected chi connectivity index (χ0v) is 11.8. The first-order valence-electron chi connectivity index (χ1n) is 6.32. The highest BCUT2D eigenvalue weighted by Crippen LogP contribution is 2.25. The number of nitrogens with one attached hydrogen (secondary N) is 1. The van der Waals surface area contributed by atoms with Crippen LogP contribution in [0.1, 0.15) is 15.9 Å². The molecular formula is C16H17FN2O. The average molecular weight is 272 g/mol. The van der Waals surface area contributed by atoms with Gasteiger partial charge in [0.1, 0.15) is 5.82 Å². The molecule has 0 aromatic heterocycles. The SMILES string of the molecule is Cc1ccc(C(=O)Nc2cc(F)ccc2N(C)C)cc1. The first kappa shape index (κ1) is 14.1. The smallest absolute Gasteiger partial charge is 0.255 e. The van der Waals surface area contributed by atoms with Crippen molar-refractivity contribution in [3.05, 3.63) is 59.4 Å². The number of carbonyl (C=O) groups excluding carboxylic acids is 1. The third-order valence-electron chi connectivity index (χ3n) is 3.00. The highest BCUT2D eigenvalue weighted by molar-refractivity contribution is 6.05. The van der Waals surface area contributed by atoms with Gasteiger partial charge in [0.25, 0.3) is 5.91 Å². The molecule has 0 radical (unpaired) electrons. The Morgan fingerprint density at radius 3 is 2.35 bits per heavy atom. The van der Waals surface area contributed by atoms with E-state index in [1.807, 2.05) is 38.1 Å². The van der Waals surface area contributed by atoms with E-state index < -0.39 is 0 Å². The molecule has 0 fully saturated rings. The highest BCUT2D eigenvalue weighted by atomic mass is 19.1. The van der Waals surface area contributed by atoms with Crippen molar-refractivity contribution in [1.29, 1.82) is 0 Å². The van der Waals surface area contributed by atoms with E-state index in [9.17, 15) is 9.18 Å². The average Bonchev–Trinajstić information content (AvgIpc) is 2.39. The number of anilines is 2. The number of hydrogen-bond acceptors (Lipinski definition) is 2. The molecule has 1 amide bonds. The summed E-state index contributed by atoms with van der Waals surface area (Å²) in [5, 5.41) is 2.75. The molecule has 0 heterocycles. The van der Waals surface area contributed by atoms with Crippen molar-refractivity contribution in [2.75, 3.05) is 24.3 Å². The zero-order chi connectivity index (χ0) is 14.7. The fraction of sp³-hybridized carbons (Fsp3) is 0.188. The van der Waals surface area contributed by atoms with Gasteiger partial charge in [0.2, 0.25) is 0 Å².